The summed E-state index contributed by atoms with van der Waals surface area (Å²) in [7, 11) is 1.29. The number of carbonyl (C=O) groups is 2. The summed E-state index contributed by atoms with van der Waals surface area (Å²) in [6.07, 6.45) is 0. The van der Waals surface area contributed by atoms with Gasteiger partial charge in [-0.1, -0.05) is 35.6 Å². The van der Waals surface area contributed by atoms with Crippen LogP contribution in [-0.4, -0.2) is 30.6 Å². The molecule has 3 heterocycles. The van der Waals surface area contributed by atoms with Gasteiger partial charge >= 0.3 is 5.97 Å². The van der Waals surface area contributed by atoms with E-state index in [4.69, 9.17) is 13.9 Å². The molecule has 1 amide bonds. The molecule has 1 unspecified atom stereocenters. The van der Waals surface area contributed by atoms with Crippen molar-refractivity contribution in [2.24, 2.45) is 0 Å². The number of para-hydroxylation sites is 1. The average molecular weight is 477 g/mol. The number of esters is 1. The molecule has 0 aliphatic carbocycles. The number of hydrogen-bond donors (Lipinski definition) is 0. The van der Waals surface area contributed by atoms with E-state index in [1.807, 2.05) is 13.0 Å². The number of benzene rings is 2. The standard InChI is InChI=1S/C25H20N2O6S/c1-4-32-15-9-7-8-14(12-15)19-18-20(28)16-10-5-6-11-17(16)33-21(18)23(29)27(19)25-26-13(2)22(34-25)24(30)31-3/h5-12,19H,4H2,1-3H3. The van der Waals surface area contributed by atoms with Crippen molar-refractivity contribution >= 4 is 39.3 Å². The molecule has 0 spiro atoms. The number of carbonyl (C=O) groups excluding carboxylic acids is 2. The molecule has 4 aromatic rings. The molecule has 0 fully saturated rings. The third kappa shape index (κ3) is 3.36. The Morgan fingerprint density at radius 1 is 1.18 bits per heavy atom. The van der Waals surface area contributed by atoms with E-state index in [-0.39, 0.29) is 26.8 Å². The van der Waals surface area contributed by atoms with Gasteiger partial charge in [0.05, 0.1) is 36.4 Å². The molecule has 5 rings (SSSR count). The lowest BCUT2D eigenvalue weighted by Gasteiger charge is -2.23. The van der Waals surface area contributed by atoms with Gasteiger partial charge in [-0.3, -0.25) is 14.5 Å². The molecule has 9 heteroatoms. The maximum atomic E-state index is 13.7. The Morgan fingerprint density at radius 3 is 2.74 bits per heavy atom. The summed E-state index contributed by atoms with van der Waals surface area (Å²) < 4.78 is 16.4. The number of nitrogens with zero attached hydrogens (tertiary/aromatic N) is 2. The Morgan fingerprint density at radius 2 is 1.97 bits per heavy atom. The minimum absolute atomic E-state index is 0.0389. The van der Waals surface area contributed by atoms with Gasteiger partial charge in [-0.2, -0.15) is 0 Å². The SMILES string of the molecule is CCOc1cccc(C2c3c(oc4ccccc4c3=O)C(=O)N2c2nc(C)c(C(=O)OC)s2)c1. The fourth-order valence-electron chi connectivity index (χ4n) is 4.14. The quantitative estimate of drug-likeness (QED) is 0.391. The summed E-state index contributed by atoms with van der Waals surface area (Å²) in [5.74, 6) is -0.477. The molecule has 34 heavy (non-hydrogen) atoms. The van der Waals surface area contributed by atoms with Gasteiger partial charge in [0.25, 0.3) is 5.91 Å². The van der Waals surface area contributed by atoms with Crippen LogP contribution in [0.2, 0.25) is 0 Å². The number of fused-ring (bicyclic) bond motifs is 2. The molecular weight excluding hydrogens is 456 g/mol. The minimum atomic E-state index is -0.806. The normalized spacial score (nSPS) is 15.0. The number of ether oxygens (including phenoxy) is 2. The van der Waals surface area contributed by atoms with Crippen molar-refractivity contribution in [3.8, 4) is 5.75 Å². The van der Waals surface area contributed by atoms with E-state index < -0.39 is 17.9 Å². The largest absolute Gasteiger partial charge is 0.494 e. The van der Waals surface area contributed by atoms with Crippen LogP contribution in [0.5, 0.6) is 5.75 Å². The van der Waals surface area contributed by atoms with Crippen LogP contribution in [0, 0.1) is 6.92 Å². The van der Waals surface area contributed by atoms with Crippen LogP contribution in [0.25, 0.3) is 11.0 Å². The smallest absolute Gasteiger partial charge is 0.350 e. The number of aryl methyl sites for hydroxylation is 1. The molecule has 172 valence electrons. The maximum absolute atomic E-state index is 13.7. The second-order valence-electron chi connectivity index (χ2n) is 7.66. The highest BCUT2D eigenvalue weighted by atomic mass is 32.1. The summed E-state index contributed by atoms with van der Waals surface area (Å²) >= 11 is 1.03. The molecule has 1 aliphatic heterocycles. The average Bonchev–Trinajstić information content (AvgIpc) is 3.36. The van der Waals surface area contributed by atoms with Crippen LogP contribution < -0.4 is 15.1 Å². The molecule has 0 saturated carbocycles. The van der Waals surface area contributed by atoms with Gasteiger partial charge in [-0.25, -0.2) is 9.78 Å². The van der Waals surface area contributed by atoms with E-state index in [0.29, 0.717) is 34.6 Å². The second-order valence-corrected chi connectivity index (χ2v) is 8.63. The molecule has 0 N–H and O–H groups in total. The molecule has 1 aliphatic rings. The Kier molecular flexibility index (Phi) is 5.41. The zero-order valence-electron chi connectivity index (χ0n) is 18.7. The first-order valence-corrected chi connectivity index (χ1v) is 11.4. The van der Waals surface area contributed by atoms with Crippen molar-refractivity contribution in [1.29, 1.82) is 0 Å². The maximum Gasteiger partial charge on any atom is 0.350 e. The van der Waals surface area contributed by atoms with E-state index >= 15 is 0 Å². The van der Waals surface area contributed by atoms with Crippen molar-refractivity contribution in [3.05, 3.63) is 86.2 Å². The fraction of sp³-hybridized carbons (Fsp3) is 0.200. The zero-order chi connectivity index (χ0) is 24.0. The Hall–Kier alpha value is -3.98. The summed E-state index contributed by atoms with van der Waals surface area (Å²) in [5, 5.41) is 0.650. The number of hydrogen-bond acceptors (Lipinski definition) is 8. The van der Waals surface area contributed by atoms with Gasteiger partial charge in [0.1, 0.15) is 16.2 Å². The number of methoxy groups -OCH3 is 1. The number of anilines is 1. The van der Waals surface area contributed by atoms with Gasteiger partial charge in [0.15, 0.2) is 10.6 Å². The van der Waals surface area contributed by atoms with Crippen molar-refractivity contribution in [2.45, 2.75) is 19.9 Å². The van der Waals surface area contributed by atoms with Gasteiger partial charge in [-0.15, -0.1) is 0 Å². The highest BCUT2D eigenvalue weighted by molar-refractivity contribution is 7.17. The Balaban J connectivity index is 1.77. The first kappa shape index (κ1) is 21.8. The third-order valence-electron chi connectivity index (χ3n) is 5.62. The highest BCUT2D eigenvalue weighted by Gasteiger charge is 2.45. The summed E-state index contributed by atoms with van der Waals surface area (Å²) in [5.41, 5.74) is 1.36. The van der Waals surface area contributed by atoms with E-state index in [9.17, 15) is 14.4 Å². The predicted molar refractivity (Wildman–Crippen MR) is 127 cm³/mol. The first-order chi connectivity index (χ1) is 16.4. The van der Waals surface area contributed by atoms with E-state index in [1.165, 1.54) is 12.0 Å². The zero-order valence-corrected chi connectivity index (χ0v) is 19.5. The lowest BCUT2D eigenvalue weighted by atomic mass is 9.98. The van der Waals surface area contributed by atoms with Crippen LogP contribution in [0.1, 0.15) is 50.0 Å². The monoisotopic (exact) mass is 476 g/mol. The van der Waals surface area contributed by atoms with Crippen molar-refractivity contribution in [1.82, 2.24) is 4.98 Å². The summed E-state index contributed by atoms with van der Waals surface area (Å²) in [4.78, 5) is 45.6. The lowest BCUT2D eigenvalue weighted by Crippen LogP contribution is -2.29. The first-order valence-electron chi connectivity index (χ1n) is 10.6. The Bertz CT molecular complexity index is 1510. The van der Waals surface area contributed by atoms with Crippen LogP contribution >= 0.6 is 11.3 Å². The van der Waals surface area contributed by atoms with Gasteiger partial charge in [0, 0.05) is 0 Å². The topological polar surface area (TPSA) is 98.9 Å². The molecule has 0 saturated heterocycles. The van der Waals surface area contributed by atoms with Gasteiger partial charge in [-0.05, 0) is 43.7 Å². The van der Waals surface area contributed by atoms with Gasteiger partial charge < -0.3 is 13.9 Å². The molecule has 1 atom stereocenters. The molecule has 8 nitrogen and oxygen atoms in total. The molecule has 0 radical (unpaired) electrons. The fourth-order valence-corrected chi connectivity index (χ4v) is 5.15. The van der Waals surface area contributed by atoms with E-state index in [2.05, 4.69) is 4.98 Å². The molecule has 2 aromatic heterocycles. The Labute approximate surface area is 198 Å². The second kappa shape index (κ2) is 8.42. The van der Waals surface area contributed by atoms with Gasteiger partial charge in [0.2, 0.25) is 5.76 Å². The summed E-state index contributed by atoms with van der Waals surface area (Å²) in [6, 6.07) is 13.2. The van der Waals surface area contributed by atoms with Crippen LogP contribution in [-0.2, 0) is 4.74 Å². The van der Waals surface area contributed by atoms with E-state index in [0.717, 1.165) is 11.3 Å². The number of aromatic nitrogens is 1. The van der Waals surface area contributed by atoms with Crippen molar-refractivity contribution in [3.63, 3.8) is 0 Å². The molecule has 2 aromatic carbocycles. The number of amides is 1. The van der Waals surface area contributed by atoms with E-state index in [1.54, 1.807) is 49.4 Å². The van der Waals surface area contributed by atoms with Crippen molar-refractivity contribution in [2.75, 3.05) is 18.6 Å². The van der Waals surface area contributed by atoms with Crippen molar-refractivity contribution < 1.29 is 23.5 Å². The lowest BCUT2D eigenvalue weighted by molar-refractivity contribution is 0.0605. The van der Waals surface area contributed by atoms with Crippen LogP contribution in [0.15, 0.2) is 57.7 Å². The molecule has 0 bridgehead atoms. The predicted octanol–water partition coefficient (Wildman–Crippen LogP) is 4.49. The third-order valence-corrected chi connectivity index (χ3v) is 6.76. The van der Waals surface area contributed by atoms with Crippen LogP contribution in [0.3, 0.4) is 0 Å². The number of thiazole rings is 1. The number of rotatable bonds is 5. The summed E-state index contributed by atoms with van der Waals surface area (Å²) in [6.45, 7) is 4.01. The van der Waals surface area contributed by atoms with Crippen LogP contribution in [0.4, 0.5) is 5.13 Å². The molecular formula is C25H20N2O6S. The minimum Gasteiger partial charge on any atom is -0.494 e. The highest BCUT2D eigenvalue weighted by Crippen LogP contribution is 2.43.